The average Bonchev–Trinajstić information content (AvgIpc) is 0. The Bertz CT molecular complexity index is 8.75. The molecule has 0 aromatic carbocycles. The third-order valence-corrected chi connectivity index (χ3v) is 0. The van der Waals surface area contributed by atoms with E-state index in [2.05, 4.69) is 0 Å². The van der Waals surface area contributed by atoms with Crippen molar-refractivity contribution in [1.82, 2.24) is 0 Å². The molecule has 0 fully saturated rings. The van der Waals surface area contributed by atoms with E-state index in [1.807, 2.05) is 0 Å². The van der Waals surface area contributed by atoms with E-state index in [4.69, 9.17) is 0 Å². The van der Waals surface area contributed by atoms with E-state index in [9.17, 15) is 0 Å². The predicted octanol–water partition coefficient (Wildman–Crippen LogP) is -4.82. The predicted molar refractivity (Wildman–Crippen MR) is 21.2 cm³/mol. The maximum atomic E-state index is 0. The fourth-order valence-corrected chi connectivity index (χ4v) is 0. The zero-order valence-electron chi connectivity index (χ0n) is 5.45. The first-order valence-electron chi connectivity index (χ1n) is 0. The Morgan fingerprint density at radius 3 is 0.500 bits per heavy atom. The average molecular weight is 108 g/mol. The normalized spacial score (nSPS) is 0. The molecule has 0 atom stereocenters. The van der Waals surface area contributed by atoms with Crippen LogP contribution in [0.2, 0.25) is 0 Å². The molecule has 32 valence electrons. The monoisotopic (exact) mass is 108 g/mol. The van der Waals surface area contributed by atoms with Crippen molar-refractivity contribution in [3.8, 4) is 0 Å². The molecule has 0 aliphatic rings. The summed E-state index contributed by atoms with van der Waals surface area (Å²) in [6, 6.07) is 0. The second kappa shape index (κ2) is 64.4. The Balaban J connectivity index is 0. The van der Waals surface area contributed by atoms with Gasteiger partial charge in [0.15, 0.2) is 0 Å². The SMILES string of the molecule is [CH3-].[CH3-].[CH3-].[Na+].[Na+].[OH-]. The van der Waals surface area contributed by atoms with Gasteiger partial charge in [-0.25, -0.2) is 0 Å². The maximum absolute atomic E-state index is 0. The number of hydrogen-bond donors (Lipinski definition) is 0. The van der Waals surface area contributed by atoms with Crippen molar-refractivity contribution in [3.63, 3.8) is 0 Å². The topological polar surface area (TPSA) is 30.0 Å². The summed E-state index contributed by atoms with van der Waals surface area (Å²) < 4.78 is 0. The summed E-state index contributed by atoms with van der Waals surface area (Å²) >= 11 is 0. The standard InChI is InChI=1S/3CH3.2Na.H2O/h3*1H3;;;1H2/q3*-1;2*+1;/p-1. The van der Waals surface area contributed by atoms with Crippen molar-refractivity contribution in [3.05, 3.63) is 22.3 Å². The van der Waals surface area contributed by atoms with Crippen molar-refractivity contribution < 1.29 is 64.6 Å². The third-order valence-electron chi connectivity index (χ3n) is 0. The van der Waals surface area contributed by atoms with Crippen molar-refractivity contribution in [2.45, 2.75) is 0 Å². The first-order valence-corrected chi connectivity index (χ1v) is 0. The van der Waals surface area contributed by atoms with Gasteiger partial charge in [0, 0.05) is 0 Å². The molecule has 0 rings (SSSR count). The fourth-order valence-electron chi connectivity index (χ4n) is 0. The molecule has 0 saturated heterocycles. The molecule has 0 aliphatic heterocycles. The Hall–Kier alpha value is 1.96. The van der Waals surface area contributed by atoms with Crippen LogP contribution in [0.5, 0.6) is 0 Å². The van der Waals surface area contributed by atoms with Crippen molar-refractivity contribution in [2.75, 3.05) is 0 Å². The molecule has 1 N–H and O–H groups in total. The van der Waals surface area contributed by atoms with E-state index in [0.29, 0.717) is 0 Å². The summed E-state index contributed by atoms with van der Waals surface area (Å²) in [5, 5.41) is 0. The fraction of sp³-hybridized carbons (Fsp3) is 0. The summed E-state index contributed by atoms with van der Waals surface area (Å²) in [4.78, 5) is 0. The minimum Gasteiger partial charge on any atom is -0.870 e. The molecule has 0 spiro atoms. The summed E-state index contributed by atoms with van der Waals surface area (Å²) in [6.45, 7) is 0. The molecule has 0 aliphatic carbocycles. The van der Waals surface area contributed by atoms with Crippen LogP contribution < -0.4 is 59.1 Å². The minimum absolute atomic E-state index is 0. The van der Waals surface area contributed by atoms with Crippen LogP contribution in [0.25, 0.3) is 0 Å². The van der Waals surface area contributed by atoms with E-state index < -0.39 is 0 Å². The van der Waals surface area contributed by atoms with Crippen LogP contribution in [0, 0.1) is 22.3 Å². The minimum atomic E-state index is 0. The molecule has 0 bridgehead atoms. The Morgan fingerprint density at radius 2 is 0.500 bits per heavy atom. The van der Waals surface area contributed by atoms with Gasteiger partial charge in [0.2, 0.25) is 0 Å². The van der Waals surface area contributed by atoms with Crippen LogP contribution >= 0.6 is 0 Å². The summed E-state index contributed by atoms with van der Waals surface area (Å²) in [7, 11) is 0. The number of hydrogen-bond acceptors (Lipinski definition) is 1. The molecule has 0 radical (unpaired) electrons. The third kappa shape index (κ3) is 38.2. The smallest absolute Gasteiger partial charge is 0.870 e. The van der Waals surface area contributed by atoms with Crippen LogP contribution in [0.4, 0.5) is 0 Å². The van der Waals surface area contributed by atoms with Crippen LogP contribution in [0.3, 0.4) is 0 Å². The maximum Gasteiger partial charge on any atom is 1.00 e. The van der Waals surface area contributed by atoms with Gasteiger partial charge in [-0.2, -0.15) is 0 Å². The summed E-state index contributed by atoms with van der Waals surface area (Å²) in [6.07, 6.45) is 0. The second-order valence-corrected chi connectivity index (χ2v) is 0. The zero-order valence-corrected chi connectivity index (χ0v) is 9.45. The first-order chi connectivity index (χ1) is 0. The van der Waals surface area contributed by atoms with E-state index in [-0.39, 0.29) is 86.9 Å². The molecule has 0 saturated carbocycles. The quantitative estimate of drug-likeness (QED) is 0.226. The molecule has 0 heterocycles. The molecule has 0 aromatic heterocycles. The molecule has 0 unspecified atom stereocenters. The van der Waals surface area contributed by atoms with Gasteiger partial charge in [0.1, 0.15) is 0 Å². The zero-order chi connectivity index (χ0) is 0. The second-order valence-electron chi connectivity index (χ2n) is 0. The van der Waals surface area contributed by atoms with Crippen LogP contribution in [0.15, 0.2) is 0 Å². The Morgan fingerprint density at radius 1 is 0.500 bits per heavy atom. The van der Waals surface area contributed by atoms with Crippen molar-refractivity contribution >= 4 is 0 Å². The Labute approximate surface area is 85.8 Å². The summed E-state index contributed by atoms with van der Waals surface area (Å²) in [5.41, 5.74) is 0. The molecular formula is C3H10Na2O-2. The van der Waals surface area contributed by atoms with Gasteiger partial charge in [-0.05, 0) is 0 Å². The van der Waals surface area contributed by atoms with E-state index in [1.165, 1.54) is 0 Å². The van der Waals surface area contributed by atoms with Crippen LogP contribution in [-0.4, -0.2) is 5.48 Å². The van der Waals surface area contributed by atoms with Gasteiger partial charge in [-0.15, -0.1) is 0 Å². The van der Waals surface area contributed by atoms with E-state index in [0.717, 1.165) is 0 Å². The number of rotatable bonds is 0. The summed E-state index contributed by atoms with van der Waals surface area (Å²) in [5.74, 6) is 0. The van der Waals surface area contributed by atoms with Gasteiger partial charge >= 0.3 is 59.1 Å². The van der Waals surface area contributed by atoms with Crippen LogP contribution in [0.1, 0.15) is 0 Å². The van der Waals surface area contributed by atoms with Gasteiger partial charge in [-0.3, -0.25) is 0 Å². The molecule has 6 heavy (non-hydrogen) atoms. The van der Waals surface area contributed by atoms with Gasteiger partial charge in [0.25, 0.3) is 0 Å². The molecule has 1 nitrogen and oxygen atoms in total. The van der Waals surface area contributed by atoms with Crippen molar-refractivity contribution in [2.24, 2.45) is 0 Å². The van der Waals surface area contributed by atoms with E-state index in [1.54, 1.807) is 0 Å². The van der Waals surface area contributed by atoms with Gasteiger partial charge < -0.3 is 27.8 Å². The molecular weight excluding hydrogens is 98.0 g/mol. The van der Waals surface area contributed by atoms with E-state index >= 15 is 0 Å². The van der Waals surface area contributed by atoms with Gasteiger partial charge in [0.05, 0.1) is 0 Å². The molecule has 0 amide bonds. The van der Waals surface area contributed by atoms with Gasteiger partial charge in [-0.1, -0.05) is 0 Å². The first kappa shape index (κ1) is 100. The van der Waals surface area contributed by atoms with Crippen LogP contribution in [-0.2, 0) is 0 Å². The Kier molecular flexibility index (Phi) is 1080. The van der Waals surface area contributed by atoms with Crippen molar-refractivity contribution in [1.29, 1.82) is 0 Å². The molecule has 3 heteroatoms. The molecule has 0 aromatic rings. The largest absolute Gasteiger partial charge is 1.00 e.